The smallest absolute Gasteiger partial charge is 0.236 e. The molecular weight excluding hydrogens is 472 g/mol. The van der Waals surface area contributed by atoms with Crippen LogP contribution < -0.4 is 4.90 Å². The van der Waals surface area contributed by atoms with Crippen LogP contribution in [0.3, 0.4) is 0 Å². The molecule has 176 valence electrons. The SMILES string of the molecule is C=Cc1ccc2c(c1)c1cc(C=C)ccc1n2-c1ccnc(N2c3ccccc3Sc3ccccc32)n1. The van der Waals surface area contributed by atoms with E-state index < -0.39 is 0 Å². The molecule has 4 aromatic carbocycles. The Hall–Kier alpha value is -4.61. The molecule has 4 nitrogen and oxygen atoms in total. The van der Waals surface area contributed by atoms with E-state index in [0.717, 1.165) is 50.1 Å². The van der Waals surface area contributed by atoms with E-state index in [1.54, 1.807) is 11.8 Å². The van der Waals surface area contributed by atoms with Crippen molar-refractivity contribution in [1.29, 1.82) is 0 Å². The average molecular weight is 495 g/mol. The number of nitrogens with zero attached hydrogens (tertiary/aromatic N) is 4. The average Bonchev–Trinajstić information content (AvgIpc) is 3.28. The number of anilines is 3. The van der Waals surface area contributed by atoms with Crippen LogP contribution in [-0.4, -0.2) is 14.5 Å². The molecule has 0 N–H and O–H groups in total. The van der Waals surface area contributed by atoms with Gasteiger partial charge in [-0.05, 0) is 65.7 Å². The first kappa shape index (κ1) is 21.7. The predicted molar refractivity (Wildman–Crippen MR) is 155 cm³/mol. The Labute approximate surface area is 219 Å². The number of aromatic nitrogens is 3. The summed E-state index contributed by atoms with van der Waals surface area (Å²) in [4.78, 5) is 14.4. The maximum atomic E-state index is 5.15. The quantitative estimate of drug-likeness (QED) is 0.245. The second-order valence-electron chi connectivity index (χ2n) is 8.88. The normalized spacial score (nSPS) is 12.4. The van der Waals surface area contributed by atoms with E-state index in [1.807, 2.05) is 24.4 Å². The molecule has 6 aromatic rings. The van der Waals surface area contributed by atoms with Crippen molar-refractivity contribution in [1.82, 2.24) is 14.5 Å². The largest absolute Gasteiger partial charge is 0.294 e. The fourth-order valence-corrected chi connectivity index (χ4v) is 6.11. The van der Waals surface area contributed by atoms with Gasteiger partial charge in [0.2, 0.25) is 5.95 Å². The number of fused-ring (bicyclic) bond motifs is 5. The molecule has 5 heteroatoms. The third-order valence-corrected chi connectivity index (χ3v) is 7.90. The first-order valence-corrected chi connectivity index (χ1v) is 12.9. The van der Waals surface area contributed by atoms with Crippen molar-refractivity contribution in [2.75, 3.05) is 4.90 Å². The number of para-hydroxylation sites is 2. The lowest BCUT2D eigenvalue weighted by Gasteiger charge is -2.31. The molecule has 1 aliphatic rings. The second-order valence-corrected chi connectivity index (χ2v) is 9.97. The van der Waals surface area contributed by atoms with Gasteiger partial charge in [0, 0.05) is 26.8 Å². The van der Waals surface area contributed by atoms with E-state index in [9.17, 15) is 0 Å². The molecule has 0 fully saturated rings. The zero-order valence-electron chi connectivity index (χ0n) is 20.0. The lowest BCUT2D eigenvalue weighted by Crippen LogP contribution is -2.18. The minimum absolute atomic E-state index is 0.637. The number of hydrogen-bond acceptors (Lipinski definition) is 4. The molecule has 0 bridgehead atoms. The van der Waals surface area contributed by atoms with Crippen LogP contribution in [0.2, 0.25) is 0 Å². The summed E-state index contributed by atoms with van der Waals surface area (Å²) in [6.07, 6.45) is 5.61. The van der Waals surface area contributed by atoms with Crippen LogP contribution in [0.5, 0.6) is 0 Å². The van der Waals surface area contributed by atoms with Gasteiger partial charge in [-0.15, -0.1) is 0 Å². The highest BCUT2D eigenvalue weighted by Crippen LogP contribution is 2.50. The summed E-state index contributed by atoms with van der Waals surface area (Å²) in [6.45, 7) is 7.93. The van der Waals surface area contributed by atoms with E-state index in [2.05, 4.69) is 108 Å². The standard InChI is InChI=1S/C32H22N4S/c1-3-21-13-15-25-23(19-21)24-20-22(4-2)14-16-26(24)35(25)31-17-18-33-32(34-31)36-27-9-5-7-11-29(27)37-30-12-8-6-10-28(30)36/h3-20H,1-2H2. The maximum Gasteiger partial charge on any atom is 0.236 e. The summed E-state index contributed by atoms with van der Waals surface area (Å²) in [7, 11) is 0. The molecule has 0 spiro atoms. The second kappa shape index (κ2) is 8.50. The third kappa shape index (κ3) is 3.39. The summed E-state index contributed by atoms with van der Waals surface area (Å²) < 4.78 is 2.21. The molecule has 1 aliphatic heterocycles. The van der Waals surface area contributed by atoms with Gasteiger partial charge < -0.3 is 0 Å². The van der Waals surface area contributed by atoms with Gasteiger partial charge in [0.15, 0.2) is 0 Å². The van der Waals surface area contributed by atoms with Gasteiger partial charge in [0.1, 0.15) is 5.82 Å². The van der Waals surface area contributed by atoms with Crippen molar-refractivity contribution in [2.24, 2.45) is 0 Å². The zero-order chi connectivity index (χ0) is 24.9. The van der Waals surface area contributed by atoms with Gasteiger partial charge in [-0.3, -0.25) is 9.47 Å². The van der Waals surface area contributed by atoms with Gasteiger partial charge in [0.05, 0.1) is 22.4 Å². The summed E-state index contributed by atoms with van der Waals surface area (Å²) in [5.41, 5.74) is 6.49. The fourth-order valence-electron chi connectivity index (χ4n) is 5.05. The Bertz CT molecular complexity index is 1760. The predicted octanol–water partition coefficient (Wildman–Crippen LogP) is 8.79. The maximum absolute atomic E-state index is 5.15. The Kier molecular flexibility index (Phi) is 4.98. The lowest BCUT2D eigenvalue weighted by atomic mass is 10.1. The third-order valence-electron chi connectivity index (χ3n) is 6.77. The van der Waals surface area contributed by atoms with E-state index in [-0.39, 0.29) is 0 Å². The summed E-state index contributed by atoms with van der Waals surface area (Å²) in [5, 5.41) is 2.31. The van der Waals surface area contributed by atoms with Crippen molar-refractivity contribution in [2.45, 2.75) is 9.79 Å². The zero-order valence-corrected chi connectivity index (χ0v) is 20.8. The van der Waals surface area contributed by atoms with Crippen molar-refractivity contribution < 1.29 is 0 Å². The van der Waals surface area contributed by atoms with Crippen LogP contribution in [-0.2, 0) is 0 Å². The molecule has 0 aliphatic carbocycles. The van der Waals surface area contributed by atoms with Crippen molar-refractivity contribution >= 4 is 63.0 Å². The molecule has 0 unspecified atom stereocenters. The first-order chi connectivity index (χ1) is 18.2. The van der Waals surface area contributed by atoms with Crippen molar-refractivity contribution in [3.8, 4) is 5.82 Å². The van der Waals surface area contributed by atoms with Gasteiger partial charge in [-0.25, -0.2) is 4.98 Å². The molecule has 37 heavy (non-hydrogen) atoms. The van der Waals surface area contributed by atoms with Gasteiger partial charge in [-0.2, -0.15) is 4.98 Å². The Morgan fingerprint density at radius 3 is 1.81 bits per heavy atom. The van der Waals surface area contributed by atoms with E-state index in [0.29, 0.717) is 5.95 Å². The van der Waals surface area contributed by atoms with Crippen LogP contribution in [0, 0.1) is 0 Å². The van der Waals surface area contributed by atoms with Crippen LogP contribution in [0.1, 0.15) is 11.1 Å². The highest BCUT2D eigenvalue weighted by Gasteiger charge is 2.26. The van der Waals surface area contributed by atoms with E-state index >= 15 is 0 Å². The van der Waals surface area contributed by atoms with Crippen LogP contribution in [0.4, 0.5) is 17.3 Å². The van der Waals surface area contributed by atoms with Gasteiger partial charge >= 0.3 is 0 Å². The molecule has 0 saturated heterocycles. The first-order valence-electron chi connectivity index (χ1n) is 12.1. The molecular formula is C32H22N4S. The van der Waals surface area contributed by atoms with Gasteiger partial charge in [0.25, 0.3) is 0 Å². The fraction of sp³-hybridized carbons (Fsp3) is 0. The number of rotatable bonds is 4. The number of hydrogen-bond donors (Lipinski definition) is 0. The monoisotopic (exact) mass is 494 g/mol. The molecule has 0 amide bonds. The summed E-state index contributed by atoms with van der Waals surface area (Å²) >= 11 is 1.77. The van der Waals surface area contributed by atoms with E-state index in [1.165, 1.54) is 9.79 Å². The van der Waals surface area contributed by atoms with Crippen molar-refractivity contribution in [3.63, 3.8) is 0 Å². The molecule has 0 saturated carbocycles. The topological polar surface area (TPSA) is 34.0 Å². The molecule has 7 rings (SSSR count). The number of benzene rings is 4. The summed E-state index contributed by atoms with van der Waals surface area (Å²) in [6, 6.07) is 31.6. The lowest BCUT2D eigenvalue weighted by molar-refractivity contribution is 0.993. The van der Waals surface area contributed by atoms with Crippen LogP contribution in [0.25, 0.3) is 39.8 Å². The van der Waals surface area contributed by atoms with E-state index in [4.69, 9.17) is 9.97 Å². The Morgan fingerprint density at radius 2 is 1.24 bits per heavy atom. The Balaban J connectivity index is 1.48. The highest BCUT2D eigenvalue weighted by molar-refractivity contribution is 7.99. The molecule has 3 heterocycles. The van der Waals surface area contributed by atoms with Crippen LogP contribution >= 0.6 is 11.8 Å². The molecule has 0 atom stereocenters. The minimum atomic E-state index is 0.637. The molecule has 2 aromatic heterocycles. The summed E-state index contributed by atoms with van der Waals surface area (Å²) in [5.74, 6) is 1.45. The highest BCUT2D eigenvalue weighted by atomic mass is 32.2. The Morgan fingerprint density at radius 1 is 0.676 bits per heavy atom. The van der Waals surface area contributed by atoms with Crippen molar-refractivity contribution in [3.05, 3.63) is 121 Å². The van der Waals surface area contributed by atoms with Crippen LogP contribution in [0.15, 0.2) is 120 Å². The minimum Gasteiger partial charge on any atom is -0.294 e. The molecule has 0 radical (unpaired) electrons. The van der Waals surface area contributed by atoms with Gasteiger partial charge in [-0.1, -0.05) is 73.5 Å².